The molecule has 0 radical (unpaired) electrons. The minimum absolute atomic E-state index is 0.189. The number of rotatable bonds is 5. The number of methoxy groups -OCH3 is 1. The molecule has 1 aromatic rings. The van der Waals surface area contributed by atoms with Crippen LogP contribution in [0.3, 0.4) is 0 Å². The predicted molar refractivity (Wildman–Crippen MR) is 89.3 cm³/mol. The molecule has 1 saturated heterocycles. The fourth-order valence-electron chi connectivity index (χ4n) is 2.44. The molecule has 0 atom stereocenters. The Labute approximate surface area is 137 Å². The molecule has 1 aromatic carbocycles. The third kappa shape index (κ3) is 4.59. The normalized spacial score (nSPS) is 16.2. The van der Waals surface area contributed by atoms with Crippen molar-refractivity contribution in [3.8, 4) is 5.75 Å². The standard InChI is InChI=1S/C15H23N3O4S/c1-16-7-9-17(10-8-16)15(19)12-18(23(3,20)21)13-5-4-6-14(11-13)22-2/h4-6,11H,7-10,12H2,1-3H3. The predicted octanol–water partition coefficient (Wildman–Crippen LogP) is 0.235. The molecule has 128 valence electrons. The summed E-state index contributed by atoms with van der Waals surface area (Å²) in [4.78, 5) is 16.3. The van der Waals surface area contributed by atoms with Crippen LogP contribution < -0.4 is 9.04 Å². The van der Waals surface area contributed by atoms with E-state index < -0.39 is 10.0 Å². The highest BCUT2D eigenvalue weighted by molar-refractivity contribution is 7.92. The van der Waals surface area contributed by atoms with Gasteiger partial charge in [-0.05, 0) is 19.2 Å². The van der Waals surface area contributed by atoms with Crippen molar-refractivity contribution in [2.75, 3.05) is 57.4 Å². The monoisotopic (exact) mass is 341 g/mol. The van der Waals surface area contributed by atoms with Crippen LogP contribution in [0.1, 0.15) is 0 Å². The van der Waals surface area contributed by atoms with Crippen LogP contribution in [0, 0.1) is 0 Å². The highest BCUT2D eigenvalue weighted by atomic mass is 32.2. The Bertz CT molecular complexity index is 654. The number of sulfonamides is 1. The molecule has 1 fully saturated rings. The summed E-state index contributed by atoms with van der Waals surface area (Å²) >= 11 is 0. The molecule has 0 saturated carbocycles. The van der Waals surface area contributed by atoms with Crippen molar-refractivity contribution in [1.29, 1.82) is 0 Å². The summed E-state index contributed by atoms with van der Waals surface area (Å²) in [5, 5.41) is 0. The lowest BCUT2D eigenvalue weighted by Crippen LogP contribution is -2.50. The number of hydrogen-bond acceptors (Lipinski definition) is 5. The van der Waals surface area contributed by atoms with Crippen LogP contribution in [0.5, 0.6) is 5.75 Å². The fraction of sp³-hybridized carbons (Fsp3) is 0.533. The van der Waals surface area contributed by atoms with Gasteiger partial charge in [-0.15, -0.1) is 0 Å². The summed E-state index contributed by atoms with van der Waals surface area (Å²) in [6.45, 7) is 2.62. The summed E-state index contributed by atoms with van der Waals surface area (Å²) in [6, 6.07) is 6.69. The van der Waals surface area contributed by atoms with Gasteiger partial charge in [0.15, 0.2) is 0 Å². The fourth-order valence-corrected chi connectivity index (χ4v) is 3.29. The van der Waals surface area contributed by atoms with Gasteiger partial charge in [0.25, 0.3) is 0 Å². The van der Waals surface area contributed by atoms with Crippen LogP contribution in [0.2, 0.25) is 0 Å². The number of piperazine rings is 1. The lowest BCUT2D eigenvalue weighted by Gasteiger charge is -2.34. The number of anilines is 1. The van der Waals surface area contributed by atoms with E-state index in [1.54, 1.807) is 29.2 Å². The van der Waals surface area contributed by atoms with Crippen molar-refractivity contribution in [1.82, 2.24) is 9.80 Å². The van der Waals surface area contributed by atoms with E-state index in [1.807, 2.05) is 7.05 Å². The number of carbonyl (C=O) groups is 1. The number of likely N-dealkylation sites (N-methyl/N-ethyl adjacent to an activating group) is 1. The Balaban J connectivity index is 2.18. The molecule has 1 aliphatic heterocycles. The van der Waals surface area contributed by atoms with Gasteiger partial charge in [0, 0.05) is 32.2 Å². The maximum absolute atomic E-state index is 12.5. The third-order valence-electron chi connectivity index (χ3n) is 3.88. The van der Waals surface area contributed by atoms with Crippen molar-refractivity contribution in [3.63, 3.8) is 0 Å². The van der Waals surface area contributed by atoms with E-state index in [9.17, 15) is 13.2 Å². The van der Waals surface area contributed by atoms with Crippen LogP contribution >= 0.6 is 0 Å². The van der Waals surface area contributed by atoms with Gasteiger partial charge in [-0.25, -0.2) is 8.42 Å². The first-order valence-corrected chi connectivity index (χ1v) is 9.24. The summed E-state index contributed by atoms with van der Waals surface area (Å²) in [5.41, 5.74) is 0.425. The van der Waals surface area contributed by atoms with Gasteiger partial charge < -0.3 is 14.5 Å². The van der Waals surface area contributed by atoms with E-state index >= 15 is 0 Å². The van der Waals surface area contributed by atoms with Gasteiger partial charge in [-0.3, -0.25) is 9.10 Å². The van der Waals surface area contributed by atoms with E-state index in [0.29, 0.717) is 24.5 Å². The zero-order chi connectivity index (χ0) is 17.0. The van der Waals surface area contributed by atoms with Crippen LogP contribution in [-0.2, 0) is 14.8 Å². The van der Waals surface area contributed by atoms with Crippen LogP contribution in [0.4, 0.5) is 5.69 Å². The molecule has 23 heavy (non-hydrogen) atoms. The Hall–Kier alpha value is -1.80. The zero-order valence-corrected chi connectivity index (χ0v) is 14.5. The number of ether oxygens (including phenoxy) is 1. The minimum atomic E-state index is -3.57. The third-order valence-corrected chi connectivity index (χ3v) is 5.02. The van der Waals surface area contributed by atoms with Crippen molar-refractivity contribution >= 4 is 21.6 Å². The highest BCUT2D eigenvalue weighted by Gasteiger charge is 2.26. The topological polar surface area (TPSA) is 70.2 Å². The first kappa shape index (κ1) is 17.6. The number of amides is 1. The van der Waals surface area contributed by atoms with E-state index in [1.165, 1.54) is 7.11 Å². The highest BCUT2D eigenvalue weighted by Crippen LogP contribution is 2.23. The molecule has 2 rings (SSSR count). The molecule has 0 aromatic heterocycles. The van der Waals surface area contributed by atoms with Gasteiger partial charge in [0.2, 0.25) is 15.9 Å². The number of carbonyl (C=O) groups excluding carboxylic acids is 1. The summed E-state index contributed by atoms with van der Waals surface area (Å²) in [5.74, 6) is 0.356. The van der Waals surface area contributed by atoms with Gasteiger partial charge in [-0.1, -0.05) is 6.07 Å². The molecule has 7 nitrogen and oxygen atoms in total. The molecule has 8 heteroatoms. The molecule has 0 spiro atoms. The Kier molecular flexibility index (Phi) is 5.48. The maximum Gasteiger partial charge on any atom is 0.243 e. The summed E-state index contributed by atoms with van der Waals surface area (Å²) in [6.07, 6.45) is 1.10. The Morgan fingerprint density at radius 2 is 1.91 bits per heavy atom. The number of nitrogens with zero attached hydrogens (tertiary/aromatic N) is 3. The van der Waals surface area contributed by atoms with E-state index in [-0.39, 0.29) is 12.5 Å². The van der Waals surface area contributed by atoms with Gasteiger partial charge in [0.05, 0.1) is 19.1 Å². The van der Waals surface area contributed by atoms with Crippen LogP contribution in [0.25, 0.3) is 0 Å². The Morgan fingerprint density at radius 1 is 1.26 bits per heavy atom. The minimum Gasteiger partial charge on any atom is -0.497 e. The molecule has 0 N–H and O–H groups in total. The molecule has 1 aliphatic rings. The second-order valence-electron chi connectivity index (χ2n) is 5.66. The van der Waals surface area contributed by atoms with Crippen molar-refractivity contribution < 1.29 is 17.9 Å². The first-order valence-electron chi connectivity index (χ1n) is 7.39. The molecular formula is C15H23N3O4S. The van der Waals surface area contributed by atoms with E-state index in [4.69, 9.17) is 4.74 Å². The van der Waals surface area contributed by atoms with Gasteiger partial charge in [0.1, 0.15) is 12.3 Å². The maximum atomic E-state index is 12.5. The van der Waals surface area contributed by atoms with Crippen LogP contribution in [-0.4, -0.2) is 77.3 Å². The number of hydrogen-bond donors (Lipinski definition) is 0. The molecule has 0 bridgehead atoms. The van der Waals surface area contributed by atoms with Gasteiger partial charge in [-0.2, -0.15) is 0 Å². The SMILES string of the molecule is COc1cccc(N(CC(=O)N2CCN(C)CC2)S(C)(=O)=O)c1. The lowest BCUT2D eigenvalue weighted by molar-refractivity contribution is -0.131. The first-order chi connectivity index (χ1) is 10.8. The molecule has 1 heterocycles. The average Bonchev–Trinajstić information content (AvgIpc) is 2.52. The average molecular weight is 341 g/mol. The molecule has 0 unspecified atom stereocenters. The van der Waals surface area contributed by atoms with E-state index in [2.05, 4.69) is 4.90 Å². The van der Waals surface area contributed by atoms with Crippen molar-refractivity contribution in [2.45, 2.75) is 0 Å². The van der Waals surface area contributed by atoms with Crippen molar-refractivity contribution in [2.24, 2.45) is 0 Å². The van der Waals surface area contributed by atoms with E-state index in [0.717, 1.165) is 23.7 Å². The second kappa shape index (κ2) is 7.18. The molecule has 1 amide bonds. The largest absolute Gasteiger partial charge is 0.497 e. The molecular weight excluding hydrogens is 318 g/mol. The van der Waals surface area contributed by atoms with Crippen LogP contribution in [0.15, 0.2) is 24.3 Å². The molecule has 0 aliphatic carbocycles. The zero-order valence-electron chi connectivity index (χ0n) is 13.7. The lowest BCUT2D eigenvalue weighted by atomic mass is 10.3. The second-order valence-corrected chi connectivity index (χ2v) is 7.56. The summed E-state index contributed by atoms with van der Waals surface area (Å²) < 4.78 is 30.5. The quantitative estimate of drug-likeness (QED) is 0.767. The summed E-state index contributed by atoms with van der Waals surface area (Å²) in [7, 11) is -0.0535. The smallest absolute Gasteiger partial charge is 0.243 e. The van der Waals surface area contributed by atoms with Gasteiger partial charge >= 0.3 is 0 Å². The Morgan fingerprint density at radius 3 is 2.48 bits per heavy atom. The van der Waals surface area contributed by atoms with Crippen molar-refractivity contribution in [3.05, 3.63) is 24.3 Å². The number of benzene rings is 1.